The number of thioether (sulfide) groups is 1. The summed E-state index contributed by atoms with van der Waals surface area (Å²) < 4.78 is 6.12. The molecule has 5 nitrogen and oxygen atoms in total. The first-order valence-corrected chi connectivity index (χ1v) is 8.24. The number of benzene rings is 1. The lowest BCUT2D eigenvalue weighted by molar-refractivity contribution is -0.142. The Hall–Kier alpha value is -1.05. The van der Waals surface area contributed by atoms with Gasteiger partial charge in [0.15, 0.2) is 0 Å². The zero-order chi connectivity index (χ0) is 15.4. The molecule has 1 aliphatic rings. The summed E-state index contributed by atoms with van der Waals surface area (Å²) in [6, 6.07) is 5.43. The third-order valence-electron chi connectivity index (χ3n) is 3.24. The van der Waals surface area contributed by atoms with Gasteiger partial charge >= 0.3 is 5.97 Å². The molecule has 0 saturated carbocycles. The van der Waals surface area contributed by atoms with Crippen molar-refractivity contribution in [1.29, 1.82) is 0 Å². The van der Waals surface area contributed by atoms with Gasteiger partial charge in [-0.1, -0.05) is 15.9 Å². The molecule has 1 aromatic carbocycles. The number of carboxylic acids is 1. The minimum atomic E-state index is -0.936. The number of aryl methyl sites for hydroxylation is 1. The molecule has 114 valence electrons. The third kappa shape index (κ3) is 4.46. The normalized spacial score (nSPS) is 21.2. The topological polar surface area (TPSA) is 75.6 Å². The number of carboxylic acid groups (broad SMARTS) is 1. The standard InChI is InChI=1S/C14H16BrNO4S/c1-8-4-9(15)2-3-12(8)21-7-13(17)16-11-6-20-5-10(11)14(18)19/h2-4,10-11H,5-7H2,1H3,(H,16,17)(H,18,19). The van der Waals surface area contributed by atoms with Gasteiger partial charge in [-0.2, -0.15) is 0 Å². The predicted molar refractivity (Wildman–Crippen MR) is 83.5 cm³/mol. The van der Waals surface area contributed by atoms with Crippen molar-refractivity contribution >= 4 is 39.6 Å². The highest BCUT2D eigenvalue weighted by Gasteiger charge is 2.34. The van der Waals surface area contributed by atoms with Gasteiger partial charge in [0.2, 0.25) is 5.91 Å². The average Bonchev–Trinajstić information content (AvgIpc) is 2.86. The summed E-state index contributed by atoms with van der Waals surface area (Å²) in [5.41, 5.74) is 1.09. The van der Waals surface area contributed by atoms with E-state index in [1.165, 1.54) is 11.8 Å². The minimum absolute atomic E-state index is 0.152. The Morgan fingerprint density at radius 3 is 2.90 bits per heavy atom. The Kier molecular flexibility index (Phi) is 5.66. The fourth-order valence-corrected chi connectivity index (χ4v) is 3.40. The van der Waals surface area contributed by atoms with Gasteiger partial charge in [0.25, 0.3) is 0 Å². The Morgan fingerprint density at radius 1 is 1.48 bits per heavy atom. The first kappa shape index (κ1) is 16.3. The van der Waals surface area contributed by atoms with Gasteiger partial charge in [-0.25, -0.2) is 0 Å². The molecule has 1 aromatic rings. The first-order chi connectivity index (χ1) is 9.97. The maximum Gasteiger partial charge on any atom is 0.311 e. The van der Waals surface area contributed by atoms with Crippen LogP contribution in [0.4, 0.5) is 0 Å². The van der Waals surface area contributed by atoms with E-state index in [0.29, 0.717) is 0 Å². The third-order valence-corrected chi connectivity index (χ3v) is 4.91. The predicted octanol–water partition coefficient (Wildman–Crippen LogP) is 2.07. The molecule has 1 heterocycles. The van der Waals surface area contributed by atoms with E-state index >= 15 is 0 Å². The van der Waals surface area contributed by atoms with Crippen LogP contribution in [0.3, 0.4) is 0 Å². The van der Waals surface area contributed by atoms with E-state index < -0.39 is 17.9 Å². The summed E-state index contributed by atoms with van der Waals surface area (Å²) in [5, 5.41) is 11.8. The second-order valence-electron chi connectivity index (χ2n) is 4.85. The van der Waals surface area contributed by atoms with Gasteiger partial charge in [-0.3, -0.25) is 9.59 Å². The van der Waals surface area contributed by atoms with Gasteiger partial charge < -0.3 is 15.2 Å². The molecule has 1 aliphatic heterocycles. The number of amides is 1. The Balaban J connectivity index is 1.86. The van der Waals surface area contributed by atoms with Crippen LogP contribution in [-0.2, 0) is 14.3 Å². The van der Waals surface area contributed by atoms with Crippen molar-refractivity contribution in [2.45, 2.75) is 17.9 Å². The number of carbonyl (C=O) groups excluding carboxylic acids is 1. The van der Waals surface area contributed by atoms with E-state index in [9.17, 15) is 9.59 Å². The molecule has 7 heteroatoms. The number of carbonyl (C=O) groups is 2. The number of ether oxygens (including phenoxy) is 1. The van der Waals surface area contributed by atoms with Gasteiger partial charge in [0.05, 0.1) is 25.0 Å². The number of nitrogens with one attached hydrogen (secondary N) is 1. The summed E-state index contributed by atoms with van der Waals surface area (Å²) in [7, 11) is 0. The van der Waals surface area contributed by atoms with Crippen LogP contribution in [0.5, 0.6) is 0 Å². The molecule has 0 aliphatic carbocycles. The van der Waals surface area contributed by atoms with Crippen LogP contribution in [-0.4, -0.2) is 42.0 Å². The molecular weight excluding hydrogens is 358 g/mol. The van der Waals surface area contributed by atoms with E-state index in [4.69, 9.17) is 9.84 Å². The zero-order valence-corrected chi connectivity index (χ0v) is 13.9. The molecule has 2 unspecified atom stereocenters. The van der Waals surface area contributed by atoms with E-state index in [2.05, 4.69) is 21.2 Å². The maximum atomic E-state index is 11.9. The van der Waals surface area contributed by atoms with Gasteiger partial charge in [0.1, 0.15) is 5.92 Å². The number of halogens is 1. The summed E-state index contributed by atoms with van der Waals surface area (Å²) >= 11 is 4.83. The van der Waals surface area contributed by atoms with E-state index in [0.717, 1.165) is 14.9 Å². The molecule has 21 heavy (non-hydrogen) atoms. The summed E-state index contributed by atoms with van der Waals surface area (Å²) in [6.07, 6.45) is 0. The lowest BCUT2D eigenvalue weighted by Gasteiger charge is -2.15. The summed E-state index contributed by atoms with van der Waals surface area (Å²) in [6.45, 7) is 2.39. The molecule has 0 aromatic heterocycles. The monoisotopic (exact) mass is 373 g/mol. The molecule has 2 rings (SSSR count). The Morgan fingerprint density at radius 2 is 2.24 bits per heavy atom. The zero-order valence-electron chi connectivity index (χ0n) is 11.5. The van der Waals surface area contributed by atoms with Crippen LogP contribution in [0, 0.1) is 12.8 Å². The molecule has 1 amide bonds. The molecular formula is C14H16BrNO4S. The molecule has 2 atom stereocenters. The van der Waals surface area contributed by atoms with Crippen molar-refractivity contribution in [3.05, 3.63) is 28.2 Å². The van der Waals surface area contributed by atoms with Crippen LogP contribution < -0.4 is 5.32 Å². The van der Waals surface area contributed by atoms with Crippen molar-refractivity contribution in [3.63, 3.8) is 0 Å². The van der Waals surface area contributed by atoms with Gasteiger partial charge in [-0.15, -0.1) is 11.8 Å². The smallest absolute Gasteiger partial charge is 0.311 e. The van der Waals surface area contributed by atoms with E-state index in [1.807, 2.05) is 25.1 Å². The van der Waals surface area contributed by atoms with Crippen LogP contribution >= 0.6 is 27.7 Å². The van der Waals surface area contributed by atoms with Crippen LogP contribution in [0.1, 0.15) is 5.56 Å². The number of aliphatic carboxylic acids is 1. The first-order valence-electron chi connectivity index (χ1n) is 6.46. The molecule has 0 radical (unpaired) electrons. The minimum Gasteiger partial charge on any atom is -0.481 e. The fraction of sp³-hybridized carbons (Fsp3) is 0.429. The lowest BCUT2D eigenvalue weighted by Crippen LogP contribution is -2.43. The second-order valence-corrected chi connectivity index (χ2v) is 6.79. The molecule has 0 spiro atoms. The lowest BCUT2D eigenvalue weighted by atomic mass is 10.0. The maximum absolute atomic E-state index is 11.9. The van der Waals surface area contributed by atoms with Gasteiger partial charge in [-0.05, 0) is 30.7 Å². The van der Waals surface area contributed by atoms with E-state index in [-0.39, 0.29) is 24.9 Å². The van der Waals surface area contributed by atoms with Crippen LogP contribution in [0.2, 0.25) is 0 Å². The second kappa shape index (κ2) is 7.29. The quantitative estimate of drug-likeness (QED) is 0.772. The van der Waals surface area contributed by atoms with Crippen molar-refractivity contribution in [2.24, 2.45) is 5.92 Å². The Labute approximate surface area is 135 Å². The summed E-state index contributed by atoms with van der Waals surface area (Å²) in [5.74, 6) is -1.52. The van der Waals surface area contributed by atoms with E-state index in [1.54, 1.807) is 0 Å². The molecule has 2 N–H and O–H groups in total. The van der Waals surface area contributed by atoms with Crippen molar-refractivity contribution in [3.8, 4) is 0 Å². The average molecular weight is 374 g/mol. The number of hydrogen-bond donors (Lipinski definition) is 2. The van der Waals surface area contributed by atoms with Gasteiger partial charge in [0, 0.05) is 9.37 Å². The number of hydrogen-bond acceptors (Lipinski definition) is 4. The fourth-order valence-electron chi connectivity index (χ4n) is 2.11. The van der Waals surface area contributed by atoms with Crippen molar-refractivity contribution in [1.82, 2.24) is 5.32 Å². The SMILES string of the molecule is Cc1cc(Br)ccc1SCC(=O)NC1COCC1C(=O)O. The molecule has 0 bridgehead atoms. The highest BCUT2D eigenvalue weighted by Crippen LogP contribution is 2.25. The van der Waals surface area contributed by atoms with Crippen molar-refractivity contribution < 1.29 is 19.4 Å². The van der Waals surface area contributed by atoms with Crippen molar-refractivity contribution in [2.75, 3.05) is 19.0 Å². The summed E-state index contributed by atoms with van der Waals surface area (Å²) in [4.78, 5) is 24.0. The highest BCUT2D eigenvalue weighted by atomic mass is 79.9. The molecule has 1 saturated heterocycles. The van der Waals surface area contributed by atoms with Crippen LogP contribution in [0.25, 0.3) is 0 Å². The Bertz CT molecular complexity index is 552. The van der Waals surface area contributed by atoms with Crippen LogP contribution in [0.15, 0.2) is 27.6 Å². The molecule has 1 fully saturated rings. The number of rotatable bonds is 5. The largest absolute Gasteiger partial charge is 0.481 e. The highest BCUT2D eigenvalue weighted by molar-refractivity contribution is 9.10.